The van der Waals surface area contributed by atoms with Crippen LogP contribution in [0, 0.1) is 11.6 Å². The molecular formula is C16H13F2NO. The van der Waals surface area contributed by atoms with Gasteiger partial charge in [-0.15, -0.1) is 0 Å². The Kier molecular flexibility index (Phi) is 3.01. The maximum atomic E-state index is 13.1. The Balaban J connectivity index is 1.81. The molecule has 2 nitrogen and oxygen atoms in total. The van der Waals surface area contributed by atoms with Crippen molar-refractivity contribution in [3.8, 4) is 0 Å². The van der Waals surface area contributed by atoms with Crippen LogP contribution in [-0.2, 0) is 10.2 Å². The fourth-order valence-electron chi connectivity index (χ4n) is 2.35. The highest BCUT2D eigenvalue weighted by molar-refractivity contribution is 6.01. The lowest BCUT2D eigenvalue weighted by atomic mass is 9.95. The van der Waals surface area contributed by atoms with Crippen molar-refractivity contribution in [2.45, 2.75) is 18.3 Å². The van der Waals surface area contributed by atoms with E-state index >= 15 is 0 Å². The summed E-state index contributed by atoms with van der Waals surface area (Å²) in [6.45, 7) is 0. The minimum atomic E-state index is -0.965. The number of hydrogen-bond acceptors (Lipinski definition) is 1. The van der Waals surface area contributed by atoms with E-state index in [1.54, 1.807) is 0 Å². The average molecular weight is 273 g/mol. The smallest absolute Gasteiger partial charge is 0.235 e. The van der Waals surface area contributed by atoms with E-state index in [0.717, 1.165) is 30.5 Å². The second kappa shape index (κ2) is 4.71. The molecule has 0 spiro atoms. The number of amides is 1. The number of nitrogens with one attached hydrogen (secondary N) is 1. The van der Waals surface area contributed by atoms with Crippen molar-refractivity contribution >= 4 is 11.6 Å². The second-order valence-corrected chi connectivity index (χ2v) is 5.03. The van der Waals surface area contributed by atoms with Crippen LogP contribution in [0.5, 0.6) is 0 Å². The Morgan fingerprint density at radius 3 is 2.30 bits per heavy atom. The van der Waals surface area contributed by atoms with E-state index in [-0.39, 0.29) is 11.6 Å². The van der Waals surface area contributed by atoms with E-state index in [1.165, 1.54) is 6.07 Å². The molecule has 4 heteroatoms. The number of carbonyl (C=O) groups excluding carboxylic acids is 1. The molecule has 0 unspecified atom stereocenters. The minimum Gasteiger partial charge on any atom is -0.325 e. The molecule has 102 valence electrons. The zero-order valence-electron chi connectivity index (χ0n) is 10.7. The predicted octanol–water partition coefficient (Wildman–Crippen LogP) is 3.64. The standard InChI is InChI=1S/C16H13F2NO/c17-13-7-6-12(10-14(13)18)19-15(20)16(8-9-16)11-4-2-1-3-5-11/h1-7,10H,8-9H2,(H,19,20). The Bertz CT molecular complexity index is 651. The molecule has 1 amide bonds. The number of halogens is 2. The molecule has 0 saturated heterocycles. The molecule has 0 bridgehead atoms. The normalized spacial score (nSPS) is 15.7. The third-order valence-corrected chi connectivity index (χ3v) is 3.69. The van der Waals surface area contributed by atoms with Gasteiger partial charge in [0.2, 0.25) is 5.91 Å². The molecule has 20 heavy (non-hydrogen) atoms. The van der Waals surface area contributed by atoms with Crippen LogP contribution in [-0.4, -0.2) is 5.91 Å². The highest BCUT2D eigenvalue weighted by atomic mass is 19.2. The summed E-state index contributed by atoms with van der Waals surface area (Å²) in [5.74, 6) is -2.06. The van der Waals surface area contributed by atoms with Crippen molar-refractivity contribution in [3.63, 3.8) is 0 Å². The summed E-state index contributed by atoms with van der Waals surface area (Å²) in [5, 5.41) is 2.67. The van der Waals surface area contributed by atoms with Crippen LogP contribution in [0.1, 0.15) is 18.4 Å². The van der Waals surface area contributed by atoms with Gasteiger partial charge in [-0.05, 0) is 30.5 Å². The lowest BCUT2D eigenvalue weighted by molar-refractivity contribution is -0.118. The molecular weight excluding hydrogens is 260 g/mol. The number of rotatable bonds is 3. The zero-order valence-corrected chi connectivity index (χ0v) is 10.7. The van der Waals surface area contributed by atoms with E-state index in [2.05, 4.69) is 5.32 Å². The first-order chi connectivity index (χ1) is 9.62. The maximum absolute atomic E-state index is 13.1. The minimum absolute atomic E-state index is 0.172. The van der Waals surface area contributed by atoms with E-state index in [4.69, 9.17) is 0 Å². The second-order valence-electron chi connectivity index (χ2n) is 5.03. The van der Waals surface area contributed by atoms with Gasteiger partial charge in [0.15, 0.2) is 11.6 Å². The molecule has 1 saturated carbocycles. The highest BCUT2D eigenvalue weighted by Crippen LogP contribution is 2.48. The first kappa shape index (κ1) is 12.8. The molecule has 0 radical (unpaired) electrons. The molecule has 1 aliphatic carbocycles. The molecule has 0 aromatic heterocycles. The summed E-state index contributed by atoms with van der Waals surface area (Å²) in [6, 6.07) is 12.9. The van der Waals surface area contributed by atoms with Crippen molar-refractivity contribution in [2.24, 2.45) is 0 Å². The van der Waals surface area contributed by atoms with E-state index in [1.807, 2.05) is 30.3 Å². The van der Waals surface area contributed by atoms with E-state index in [9.17, 15) is 13.6 Å². The van der Waals surface area contributed by atoms with Gasteiger partial charge in [0.1, 0.15) is 0 Å². The summed E-state index contributed by atoms with van der Waals surface area (Å²) in [5.41, 5.74) is 0.711. The maximum Gasteiger partial charge on any atom is 0.235 e. The van der Waals surface area contributed by atoms with Gasteiger partial charge in [-0.2, -0.15) is 0 Å². The third kappa shape index (κ3) is 2.18. The molecule has 1 aliphatic rings. The van der Waals surface area contributed by atoms with Crippen molar-refractivity contribution in [1.29, 1.82) is 0 Å². The van der Waals surface area contributed by atoms with Gasteiger partial charge >= 0.3 is 0 Å². The number of anilines is 1. The van der Waals surface area contributed by atoms with Crippen molar-refractivity contribution in [1.82, 2.24) is 0 Å². The SMILES string of the molecule is O=C(Nc1ccc(F)c(F)c1)C1(c2ccccc2)CC1. The van der Waals surface area contributed by atoms with Crippen molar-refractivity contribution < 1.29 is 13.6 Å². The monoisotopic (exact) mass is 273 g/mol. The topological polar surface area (TPSA) is 29.1 Å². The Morgan fingerprint density at radius 1 is 1.00 bits per heavy atom. The van der Waals surface area contributed by atoms with E-state index < -0.39 is 17.0 Å². The van der Waals surface area contributed by atoms with Gasteiger partial charge in [-0.25, -0.2) is 8.78 Å². The van der Waals surface area contributed by atoms with Crippen LogP contribution in [0.15, 0.2) is 48.5 Å². The van der Waals surface area contributed by atoms with Gasteiger partial charge < -0.3 is 5.32 Å². The van der Waals surface area contributed by atoms with Crippen LogP contribution >= 0.6 is 0 Å². The summed E-state index contributed by atoms with van der Waals surface area (Å²) < 4.78 is 26.0. The highest BCUT2D eigenvalue weighted by Gasteiger charge is 2.51. The Labute approximate surface area is 115 Å². The van der Waals surface area contributed by atoms with Gasteiger partial charge in [0.05, 0.1) is 5.41 Å². The van der Waals surface area contributed by atoms with Gasteiger partial charge in [-0.1, -0.05) is 30.3 Å². The molecule has 2 aromatic rings. The van der Waals surface area contributed by atoms with Crippen LogP contribution in [0.3, 0.4) is 0 Å². The lowest BCUT2D eigenvalue weighted by Crippen LogP contribution is -2.27. The van der Waals surface area contributed by atoms with Crippen molar-refractivity contribution in [3.05, 3.63) is 65.7 Å². The lowest BCUT2D eigenvalue weighted by Gasteiger charge is -2.15. The van der Waals surface area contributed by atoms with Gasteiger partial charge in [-0.3, -0.25) is 4.79 Å². The summed E-state index contributed by atoms with van der Waals surface area (Å²) in [7, 11) is 0. The molecule has 2 aromatic carbocycles. The third-order valence-electron chi connectivity index (χ3n) is 3.69. The molecule has 0 heterocycles. The van der Waals surface area contributed by atoms with Crippen molar-refractivity contribution in [2.75, 3.05) is 5.32 Å². The Morgan fingerprint density at radius 2 is 1.70 bits per heavy atom. The average Bonchev–Trinajstić information content (AvgIpc) is 3.26. The van der Waals surface area contributed by atoms with Gasteiger partial charge in [0.25, 0.3) is 0 Å². The quantitative estimate of drug-likeness (QED) is 0.909. The number of hydrogen-bond donors (Lipinski definition) is 1. The fraction of sp³-hybridized carbons (Fsp3) is 0.188. The van der Waals surface area contributed by atoms with E-state index in [0.29, 0.717) is 0 Å². The predicted molar refractivity (Wildman–Crippen MR) is 72.3 cm³/mol. The molecule has 1 fully saturated rings. The molecule has 0 atom stereocenters. The summed E-state index contributed by atoms with van der Waals surface area (Å²) in [4.78, 5) is 12.4. The molecule has 3 rings (SSSR count). The number of benzene rings is 2. The fourth-order valence-corrected chi connectivity index (χ4v) is 2.35. The first-order valence-electron chi connectivity index (χ1n) is 6.44. The van der Waals surface area contributed by atoms with Crippen LogP contribution in [0.25, 0.3) is 0 Å². The Hall–Kier alpha value is -2.23. The van der Waals surface area contributed by atoms with Crippen LogP contribution in [0.2, 0.25) is 0 Å². The largest absolute Gasteiger partial charge is 0.325 e. The summed E-state index contributed by atoms with van der Waals surface area (Å²) >= 11 is 0. The zero-order chi connectivity index (χ0) is 14.2. The van der Waals surface area contributed by atoms with Gasteiger partial charge in [0, 0.05) is 11.8 Å². The van der Waals surface area contributed by atoms with Crippen LogP contribution < -0.4 is 5.32 Å². The van der Waals surface area contributed by atoms with Crippen LogP contribution in [0.4, 0.5) is 14.5 Å². The molecule has 0 aliphatic heterocycles. The number of carbonyl (C=O) groups is 1. The summed E-state index contributed by atoms with van der Waals surface area (Å²) in [6.07, 6.45) is 1.54. The first-order valence-corrected chi connectivity index (χ1v) is 6.44. The molecule has 1 N–H and O–H groups in total.